The summed E-state index contributed by atoms with van der Waals surface area (Å²) in [7, 11) is 0. The summed E-state index contributed by atoms with van der Waals surface area (Å²) < 4.78 is 11.8. The molecule has 0 spiro atoms. The molecule has 31 heavy (non-hydrogen) atoms. The zero-order chi connectivity index (χ0) is 21.8. The smallest absolute Gasteiger partial charge is 0.308 e. The van der Waals surface area contributed by atoms with Gasteiger partial charge in [0.2, 0.25) is 11.8 Å². The lowest BCUT2D eigenvalue weighted by atomic mass is 10.1. The lowest BCUT2D eigenvalue weighted by Crippen LogP contribution is -2.07. The molecule has 1 N–H and O–H groups in total. The predicted molar refractivity (Wildman–Crippen MR) is 123 cm³/mol. The van der Waals surface area contributed by atoms with Crippen molar-refractivity contribution >= 4 is 50.7 Å². The molecule has 0 unspecified atom stereocenters. The highest BCUT2D eigenvalue weighted by Crippen LogP contribution is 2.27. The van der Waals surface area contributed by atoms with Crippen molar-refractivity contribution < 1.29 is 18.7 Å². The second kappa shape index (κ2) is 8.97. The second-order valence-electron chi connectivity index (χ2n) is 6.69. The summed E-state index contributed by atoms with van der Waals surface area (Å²) in [5, 5.41) is 2.80. The number of nitrogens with one attached hydrogen (secondary N) is 1. The lowest BCUT2D eigenvalue weighted by Gasteiger charge is -2.02. The highest BCUT2D eigenvalue weighted by atomic mass is 79.9. The van der Waals surface area contributed by atoms with Gasteiger partial charge in [-0.15, -0.1) is 0 Å². The fourth-order valence-electron chi connectivity index (χ4n) is 2.89. The number of oxazole rings is 1. The van der Waals surface area contributed by atoms with Crippen LogP contribution in [0.15, 0.2) is 81.7 Å². The molecule has 3 aromatic carbocycles. The molecule has 0 fully saturated rings. The van der Waals surface area contributed by atoms with E-state index < -0.39 is 5.97 Å². The number of esters is 1. The largest absolute Gasteiger partial charge is 0.436 e. The van der Waals surface area contributed by atoms with Gasteiger partial charge in [-0.2, -0.15) is 0 Å². The van der Waals surface area contributed by atoms with Crippen molar-refractivity contribution in [2.24, 2.45) is 0 Å². The van der Waals surface area contributed by atoms with Gasteiger partial charge in [0, 0.05) is 34.8 Å². The molecule has 0 aliphatic rings. The number of nitrogens with zero attached hydrogens (tertiary/aromatic N) is 1. The average molecular weight is 477 g/mol. The summed E-state index contributed by atoms with van der Waals surface area (Å²) in [6.45, 7) is 1.35. The molecule has 0 saturated heterocycles. The van der Waals surface area contributed by atoms with Gasteiger partial charge in [-0.1, -0.05) is 28.1 Å². The van der Waals surface area contributed by atoms with Gasteiger partial charge < -0.3 is 14.5 Å². The monoisotopic (exact) mass is 476 g/mol. The Kier molecular flexibility index (Phi) is 5.95. The normalized spacial score (nSPS) is 11.0. The summed E-state index contributed by atoms with van der Waals surface area (Å²) in [6.07, 6.45) is 3.21. The van der Waals surface area contributed by atoms with E-state index in [1.165, 1.54) is 13.0 Å². The molecule has 154 valence electrons. The zero-order valence-corrected chi connectivity index (χ0v) is 18.0. The first-order chi connectivity index (χ1) is 15.0. The van der Waals surface area contributed by atoms with E-state index in [-0.39, 0.29) is 5.91 Å². The van der Waals surface area contributed by atoms with Crippen molar-refractivity contribution in [3.63, 3.8) is 0 Å². The van der Waals surface area contributed by atoms with Gasteiger partial charge >= 0.3 is 5.97 Å². The molecule has 6 nitrogen and oxygen atoms in total. The van der Waals surface area contributed by atoms with Crippen LogP contribution in [-0.2, 0) is 9.59 Å². The van der Waals surface area contributed by atoms with Crippen molar-refractivity contribution in [1.82, 2.24) is 4.98 Å². The Bertz CT molecular complexity index is 1280. The van der Waals surface area contributed by atoms with E-state index in [4.69, 9.17) is 9.15 Å². The third kappa shape index (κ3) is 5.26. The van der Waals surface area contributed by atoms with Crippen molar-refractivity contribution in [2.45, 2.75) is 6.92 Å². The van der Waals surface area contributed by atoms with Crippen molar-refractivity contribution in [3.05, 3.63) is 82.8 Å². The number of carbonyl (C=O) groups is 2. The molecule has 0 aliphatic carbocycles. The average Bonchev–Trinajstić information content (AvgIpc) is 3.17. The molecule has 1 aromatic heterocycles. The topological polar surface area (TPSA) is 81.4 Å². The van der Waals surface area contributed by atoms with E-state index in [9.17, 15) is 9.59 Å². The molecule has 0 radical (unpaired) electrons. The lowest BCUT2D eigenvalue weighted by molar-refractivity contribution is -0.131. The van der Waals surface area contributed by atoms with E-state index in [1.807, 2.05) is 48.5 Å². The van der Waals surface area contributed by atoms with E-state index >= 15 is 0 Å². The van der Waals surface area contributed by atoms with Gasteiger partial charge in [0.25, 0.3) is 0 Å². The number of carbonyl (C=O) groups excluding carboxylic acids is 2. The maximum Gasteiger partial charge on any atom is 0.308 e. The molecule has 4 rings (SSSR count). The Hall–Kier alpha value is -3.71. The fraction of sp³-hybridized carbons (Fsp3) is 0.0417. The van der Waals surface area contributed by atoms with Crippen molar-refractivity contribution in [1.29, 1.82) is 0 Å². The molecule has 7 heteroatoms. The first-order valence-corrected chi connectivity index (χ1v) is 10.2. The Balaban J connectivity index is 1.45. The van der Waals surface area contributed by atoms with Gasteiger partial charge in [0.05, 0.1) is 0 Å². The fourth-order valence-corrected chi connectivity index (χ4v) is 3.15. The number of anilines is 1. The zero-order valence-electron chi connectivity index (χ0n) is 16.5. The van der Waals surface area contributed by atoms with E-state index in [0.29, 0.717) is 22.7 Å². The first kappa shape index (κ1) is 20.6. The van der Waals surface area contributed by atoms with Gasteiger partial charge in [-0.05, 0) is 60.2 Å². The summed E-state index contributed by atoms with van der Waals surface area (Å²) >= 11 is 3.36. The van der Waals surface area contributed by atoms with Crippen LogP contribution in [-0.4, -0.2) is 16.9 Å². The number of ether oxygens (including phenoxy) is 1. The van der Waals surface area contributed by atoms with Gasteiger partial charge in [0.1, 0.15) is 11.3 Å². The molecule has 0 saturated carbocycles. The maximum absolute atomic E-state index is 12.1. The van der Waals surface area contributed by atoms with Crippen molar-refractivity contribution in [3.8, 4) is 17.2 Å². The first-order valence-electron chi connectivity index (χ1n) is 9.40. The Labute approximate surface area is 186 Å². The van der Waals surface area contributed by atoms with Crippen LogP contribution in [0.5, 0.6) is 5.75 Å². The van der Waals surface area contributed by atoms with Crippen LogP contribution in [0.3, 0.4) is 0 Å². The number of aromatic nitrogens is 1. The molecule has 4 aromatic rings. The van der Waals surface area contributed by atoms with Gasteiger partial charge in [0.15, 0.2) is 5.58 Å². The SMILES string of the molecule is CC(=O)Oc1ccc2oc(-c3ccc(C=CC(=O)Nc4ccc(Br)cc4)cc3)nc2c1. The minimum atomic E-state index is -0.391. The summed E-state index contributed by atoms with van der Waals surface area (Å²) in [6, 6.07) is 19.9. The maximum atomic E-state index is 12.1. The number of hydrogen-bond donors (Lipinski definition) is 1. The number of fused-ring (bicyclic) bond motifs is 1. The van der Waals surface area contributed by atoms with Crippen LogP contribution >= 0.6 is 15.9 Å². The highest BCUT2D eigenvalue weighted by molar-refractivity contribution is 9.10. The van der Waals surface area contributed by atoms with Crippen LogP contribution in [0.1, 0.15) is 12.5 Å². The van der Waals surface area contributed by atoms with Gasteiger partial charge in [-0.25, -0.2) is 4.98 Å². The number of halogens is 1. The molecule has 1 amide bonds. The number of hydrogen-bond acceptors (Lipinski definition) is 5. The number of rotatable bonds is 5. The van der Waals surface area contributed by atoms with E-state index in [1.54, 1.807) is 24.3 Å². The van der Waals surface area contributed by atoms with Crippen LogP contribution in [0, 0.1) is 0 Å². The van der Waals surface area contributed by atoms with Crippen LogP contribution in [0.2, 0.25) is 0 Å². The molecule has 0 bridgehead atoms. The highest BCUT2D eigenvalue weighted by Gasteiger charge is 2.10. The quantitative estimate of drug-likeness (QED) is 0.222. The van der Waals surface area contributed by atoms with Crippen LogP contribution < -0.4 is 10.1 Å². The third-order valence-corrected chi connectivity index (χ3v) is 4.85. The molecular formula is C24H17BrN2O4. The molecule has 1 heterocycles. The Morgan fingerprint density at radius 2 is 1.77 bits per heavy atom. The summed E-state index contributed by atoms with van der Waals surface area (Å²) in [4.78, 5) is 27.7. The summed E-state index contributed by atoms with van der Waals surface area (Å²) in [5.41, 5.74) is 3.58. The Morgan fingerprint density at radius 3 is 2.48 bits per heavy atom. The second-order valence-corrected chi connectivity index (χ2v) is 7.61. The molecule has 0 atom stereocenters. The number of benzene rings is 3. The third-order valence-electron chi connectivity index (χ3n) is 4.32. The van der Waals surface area contributed by atoms with E-state index in [2.05, 4.69) is 26.2 Å². The van der Waals surface area contributed by atoms with Crippen LogP contribution in [0.4, 0.5) is 5.69 Å². The standard InChI is InChI=1S/C24H17BrN2O4/c1-15(28)30-20-11-12-22-21(14-20)27-24(31-22)17-5-2-16(3-6-17)4-13-23(29)26-19-9-7-18(25)8-10-19/h2-14H,1H3,(H,26,29). The minimum absolute atomic E-state index is 0.214. The van der Waals surface area contributed by atoms with Crippen molar-refractivity contribution in [2.75, 3.05) is 5.32 Å². The summed E-state index contributed by atoms with van der Waals surface area (Å²) in [5.74, 6) is 0.270. The van der Waals surface area contributed by atoms with Gasteiger partial charge in [-0.3, -0.25) is 9.59 Å². The van der Waals surface area contributed by atoms with E-state index in [0.717, 1.165) is 21.3 Å². The van der Waals surface area contributed by atoms with Crippen LogP contribution in [0.25, 0.3) is 28.6 Å². The molecular weight excluding hydrogens is 460 g/mol. The predicted octanol–water partition coefficient (Wildman–Crippen LogP) is 5.83. The minimum Gasteiger partial charge on any atom is -0.436 e. The molecule has 0 aliphatic heterocycles. The number of amides is 1. The Morgan fingerprint density at radius 1 is 1.03 bits per heavy atom.